The number of fused-ring (bicyclic) bond motifs is 1. The molecule has 0 aliphatic rings. The first-order chi connectivity index (χ1) is 7.79. The summed E-state index contributed by atoms with van der Waals surface area (Å²) in [7, 11) is 0. The van der Waals surface area contributed by atoms with Gasteiger partial charge in [0.25, 0.3) is 0 Å². The Bertz CT molecular complexity index is 491. The number of benzene rings is 1. The number of aromatic nitrogens is 2. The van der Waals surface area contributed by atoms with Crippen LogP contribution in [0.5, 0.6) is 0 Å². The molecule has 0 radical (unpaired) electrons. The van der Waals surface area contributed by atoms with Crippen molar-refractivity contribution in [2.24, 2.45) is 0 Å². The number of urea groups is 1. The lowest BCUT2D eigenvalue weighted by molar-refractivity contribution is 0.252. The Hall–Kier alpha value is -2.04. The van der Waals surface area contributed by atoms with E-state index in [0.29, 0.717) is 6.54 Å². The predicted molar refractivity (Wildman–Crippen MR) is 63.4 cm³/mol. The lowest BCUT2D eigenvalue weighted by Crippen LogP contribution is -2.29. The van der Waals surface area contributed by atoms with Gasteiger partial charge in [0.15, 0.2) is 0 Å². The summed E-state index contributed by atoms with van der Waals surface area (Å²) in [6.07, 6.45) is 2.67. The fourth-order valence-corrected chi connectivity index (χ4v) is 1.43. The van der Waals surface area contributed by atoms with Gasteiger partial charge in [-0.1, -0.05) is 6.92 Å². The number of carbonyl (C=O) groups is 1. The van der Waals surface area contributed by atoms with Crippen LogP contribution in [0.4, 0.5) is 10.5 Å². The molecule has 0 aliphatic heterocycles. The van der Waals surface area contributed by atoms with Gasteiger partial charge in [-0.05, 0) is 24.6 Å². The third-order valence-electron chi connectivity index (χ3n) is 2.24. The highest BCUT2D eigenvalue weighted by molar-refractivity contribution is 5.92. The average Bonchev–Trinajstić information content (AvgIpc) is 2.73. The maximum atomic E-state index is 11.4. The fraction of sp³-hybridized carbons (Fsp3) is 0.273. The van der Waals surface area contributed by atoms with Crippen molar-refractivity contribution in [1.29, 1.82) is 0 Å². The summed E-state index contributed by atoms with van der Waals surface area (Å²) in [5.74, 6) is 0. The third-order valence-corrected chi connectivity index (χ3v) is 2.24. The number of H-pyrrole nitrogens is 1. The van der Waals surface area contributed by atoms with Crippen LogP contribution in [-0.2, 0) is 0 Å². The van der Waals surface area contributed by atoms with Gasteiger partial charge in [0, 0.05) is 17.6 Å². The Morgan fingerprint density at radius 2 is 2.38 bits per heavy atom. The van der Waals surface area contributed by atoms with Crippen molar-refractivity contribution in [1.82, 2.24) is 15.5 Å². The molecule has 0 fully saturated rings. The topological polar surface area (TPSA) is 69.8 Å². The number of nitrogens with one attached hydrogen (secondary N) is 3. The summed E-state index contributed by atoms with van der Waals surface area (Å²) in [4.78, 5) is 11.4. The van der Waals surface area contributed by atoms with E-state index in [1.165, 1.54) is 0 Å². The van der Waals surface area contributed by atoms with E-state index in [1.807, 2.05) is 25.1 Å². The summed E-state index contributed by atoms with van der Waals surface area (Å²) < 4.78 is 0. The molecule has 0 spiro atoms. The van der Waals surface area contributed by atoms with Gasteiger partial charge in [0.2, 0.25) is 0 Å². The number of aromatic amines is 1. The largest absolute Gasteiger partial charge is 0.338 e. The molecule has 84 valence electrons. The van der Waals surface area contributed by atoms with E-state index in [1.54, 1.807) is 6.20 Å². The zero-order valence-electron chi connectivity index (χ0n) is 9.08. The van der Waals surface area contributed by atoms with E-state index in [9.17, 15) is 4.79 Å². The summed E-state index contributed by atoms with van der Waals surface area (Å²) in [6.45, 7) is 2.69. The molecule has 3 N–H and O–H groups in total. The van der Waals surface area contributed by atoms with Crippen LogP contribution < -0.4 is 10.6 Å². The predicted octanol–water partition coefficient (Wildman–Crippen LogP) is 2.09. The van der Waals surface area contributed by atoms with Gasteiger partial charge >= 0.3 is 6.03 Å². The fourth-order valence-electron chi connectivity index (χ4n) is 1.43. The molecular weight excluding hydrogens is 204 g/mol. The summed E-state index contributed by atoms with van der Waals surface area (Å²) in [6, 6.07) is 5.44. The molecule has 0 atom stereocenters. The van der Waals surface area contributed by atoms with Crippen LogP contribution in [0.3, 0.4) is 0 Å². The van der Waals surface area contributed by atoms with Crippen LogP contribution in [0.25, 0.3) is 10.9 Å². The van der Waals surface area contributed by atoms with Gasteiger partial charge in [-0.2, -0.15) is 5.10 Å². The average molecular weight is 218 g/mol. The van der Waals surface area contributed by atoms with Crippen LogP contribution in [0.1, 0.15) is 13.3 Å². The molecule has 0 saturated carbocycles. The SMILES string of the molecule is CCCNC(=O)Nc1ccc2cn[nH]c2c1. The second-order valence-electron chi connectivity index (χ2n) is 3.55. The monoisotopic (exact) mass is 218 g/mol. The van der Waals surface area contributed by atoms with E-state index in [4.69, 9.17) is 0 Å². The molecule has 5 nitrogen and oxygen atoms in total. The first-order valence-corrected chi connectivity index (χ1v) is 5.27. The number of anilines is 1. The Morgan fingerprint density at radius 1 is 1.50 bits per heavy atom. The van der Waals surface area contributed by atoms with Gasteiger partial charge < -0.3 is 10.6 Å². The molecule has 0 aliphatic carbocycles. The molecule has 16 heavy (non-hydrogen) atoms. The van der Waals surface area contributed by atoms with Crippen LogP contribution in [-0.4, -0.2) is 22.8 Å². The standard InChI is InChI=1S/C11H14N4O/c1-2-5-12-11(16)14-9-4-3-8-7-13-15-10(8)6-9/h3-4,6-7H,2,5H2,1H3,(H,13,15)(H2,12,14,16). The highest BCUT2D eigenvalue weighted by atomic mass is 16.2. The third kappa shape index (κ3) is 2.31. The van der Waals surface area contributed by atoms with Crippen LogP contribution >= 0.6 is 0 Å². The Morgan fingerprint density at radius 3 is 3.19 bits per heavy atom. The second-order valence-corrected chi connectivity index (χ2v) is 3.55. The van der Waals surface area contributed by atoms with Gasteiger partial charge in [0.05, 0.1) is 11.7 Å². The van der Waals surface area contributed by atoms with Gasteiger partial charge in [-0.3, -0.25) is 5.10 Å². The first kappa shape index (κ1) is 10.5. The highest BCUT2D eigenvalue weighted by Gasteiger charge is 2.01. The summed E-state index contributed by atoms with van der Waals surface area (Å²) in [5, 5.41) is 13.3. The minimum absolute atomic E-state index is 0.180. The lowest BCUT2D eigenvalue weighted by atomic mass is 10.2. The Labute approximate surface area is 93.2 Å². The molecule has 1 heterocycles. The minimum atomic E-state index is -0.180. The van der Waals surface area contributed by atoms with E-state index in [0.717, 1.165) is 23.0 Å². The zero-order chi connectivity index (χ0) is 11.4. The molecule has 0 bridgehead atoms. The van der Waals surface area contributed by atoms with Crippen LogP contribution in [0.2, 0.25) is 0 Å². The van der Waals surface area contributed by atoms with Crippen LogP contribution in [0, 0.1) is 0 Å². The number of nitrogens with zero attached hydrogens (tertiary/aromatic N) is 1. The van der Waals surface area contributed by atoms with Crippen molar-refractivity contribution in [2.75, 3.05) is 11.9 Å². The van der Waals surface area contributed by atoms with Crippen molar-refractivity contribution in [2.45, 2.75) is 13.3 Å². The van der Waals surface area contributed by atoms with E-state index in [2.05, 4.69) is 20.8 Å². The molecule has 5 heteroatoms. The van der Waals surface area contributed by atoms with Crippen molar-refractivity contribution in [3.63, 3.8) is 0 Å². The van der Waals surface area contributed by atoms with Crippen molar-refractivity contribution in [3.8, 4) is 0 Å². The first-order valence-electron chi connectivity index (χ1n) is 5.27. The van der Waals surface area contributed by atoms with E-state index in [-0.39, 0.29) is 6.03 Å². The van der Waals surface area contributed by atoms with Crippen molar-refractivity contribution in [3.05, 3.63) is 24.4 Å². The normalized spacial score (nSPS) is 10.3. The molecule has 1 aromatic carbocycles. The molecule has 2 amide bonds. The van der Waals surface area contributed by atoms with Gasteiger partial charge in [0.1, 0.15) is 0 Å². The van der Waals surface area contributed by atoms with Gasteiger partial charge in [-0.25, -0.2) is 4.79 Å². The van der Waals surface area contributed by atoms with E-state index >= 15 is 0 Å². The van der Waals surface area contributed by atoms with E-state index < -0.39 is 0 Å². The number of rotatable bonds is 3. The molecule has 0 unspecified atom stereocenters. The maximum Gasteiger partial charge on any atom is 0.319 e. The Kier molecular flexibility index (Phi) is 3.05. The quantitative estimate of drug-likeness (QED) is 0.738. The summed E-state index contributed by atoms with van der Waals surface area (Å²) >= 11 is 0. The number of carbonyl (C=O) groups excluding carboxylic acids is 1. The number of amides is 2. The molecule has 2 aromatic rings. The number of hydrogen-bond donors (Lipinski definition) is 3. The minimum Gasteiger partial charge on any atom is -0.338 e. The number of hydrogen-bond acceptors (Lipinski definition) is 2. The second kappa shape index (κ2) is 4.65. The zero-order valence-corrected chi connectivity index (χ0v) is 9.08. The molecule has 2 rings (SSSR count). The van der Waals surface area contributed by atoms with Crippen molar-refractivity contribution >= 4 is 22.6 Å². The van der Waals surface area contributed by atoms with Crippen LogP contribution in [0.15, 0.2) is 24.4 Å². The highest BCUT2D eigenvalue weighted by Crippen LogP contribution is 2.16. The molecule has 0 saturated heterocycles. The molecular formula is C11H14N4O. The molecule has 1 aromatic heterocycles. The lowest BCUT2D eigenvalue weighted by Gasteiger charge is -2.06. The summed E-state index contributed by atoms with van der Waals surface area (Å²) in [5.41, 5.74) is 1.67. The van der Waals surface area contributed by atoms with Crippen molar-refractivity contribution < 1.29 is 4.79 Å². The Balaban J connectivity index is 2.06. The smallest absolute Gasteiger partial charge is 0.319 e. The maximum absolute atomic E-state index is 11.4. The van der Waals surface area contributed by atoms with Gasteiger partial charge in [-0.15, -0.1) is 0 Å².